The van der Waals surface area contributed by atoms with Crippen LogP contribution in [0.3, 0.4) is 0 Å². The van der Waals surface area contributed by atoms with Crippen molar-refractivity contribution in [2.24, 2.45) is 0 Å². The second kappa shape index (κ2) is 8.03. The molecule has 1 heterocycles. The highest BCUT2D eigenvalue weighted by molar-refractivity contribution is 7.13. The third-order valence-corrected chi connectivity index (χ3v) is 4.13. The molecule has 23 heavy (non-hydrogen) atoms. The van der Waals surface area contributed by atoms with Crippen molar-refractivity contribution in [1.29, 1.82) is 0 Å². The standard InChI is InChI=1S/C16H20FN3O2S/c1-3-4-13-9-23-16(19-13)20-15(22)18-10(2)14(21)11-5-7-12(17)8-6-11/h5-10,14,21H,3-4H2,1-2H3,(H2,18,19,20,22). The summed E-state index contributed by atoms with van der Waals surface area (Å²) in [5.74, 6) is -0.369. The van der Waals surface area contributed by atoms with E-state index in [9.17, 15) is 14.3 Å². The van der Waals surface area contributed by atoms with Crippen molar-refractivity contribution in [2.45, 2.75) is 38.8 Å². The van der Waals surface area contributed by atoms with Crippen LogP contribution in [0.25, 0.3) is 0 Å². The van der Waals surface area contributed by atoms with Crippen LogP contribution in [0, 0.1) is 5.82 Å². The maximum Gasteiger partial charge on any atom is 0.321 e. The van der Waals surface area contributed by atoms with E-state index in [2.05, 4.69) is 22.5 Å². The van der Waals surface area contributed by atoms with Gasteiger partial charge in [0, 0.05) is 5.38 Å². The normalized spacial score (nSPS) is 13.4. The summed E-state index contributed by atoms with van der Waals surface area (Å²) in [6, 6.07) is 4.57. The Hall–Kier alpha value is -1.99. The number of carbonyl (C=O) groups excluding carboxylic acids is 1. The van der Waals surface area contributed by atoms with Crippen molar-refractivity contribution in [3.63, 3.8) is 0 Å². The van der Waals surface area contributed by atoms with Gasteiger partial charge in [0.1, 0.15) is 5.82 Å². The molecule has 2 amide bonds. The quantitative estimate of drug-likeness (QED) is 0.755. The molecule has 1 aromatic carbocycles. The number of rotatable bonds is 6. The number of urea groups is 1. The average Bonchev–Trinajstić information content (AvgIpc) is 2.94. The van der Waals surface area contributed by atoms with E-state index in [1.807, 2.05) is 5.38 Å². The first kappa shape index (κ1) is 17.4. The number of aliphatic hydroxyl groups excluding tert-OH is 1. The second-order valence-electron chi connectivity index (χ2n) is 5.28. The maximum atomic E-state index is 12.9. The number of aromatic nitrogens is 1. The van der Waals surface area contributed by atoms with Gasteiger partial charge in [0.2, 0.25) is 0 Å². The molecule has 2 rings (SSSR count). The summed E-state index contributed by atoms with van der Waals surface area (Å²) in [6.45, 7) is 3.75. The molecule has 2 unspecified atom stereocenters. The van der Waals surface area contributed by atoms with E-state index in [1.165, 1.54) is 35.6 Å². The number of nitrogens with one attached hydrogen (secondary N) is 2. The molecule has 0 aliphatic carbocycles. The summed E-state index contributed by atoms with van der Waals surface area (Å²) >= 11 is 1.36. The first-order valence-corrected chi connectivity index (χ1v) is 8.33. The van der Waals surface area contributed by atoms with Gasteiger partial charge in [-0.3, -0.25) is 5.32 Å². The molecular weight excluding hydrogens is 317 g/mol. The van der Waals surface area contributed by atoms with Crippen LogP contribution < -0.4 is 10.6 Å². The van der Waals surface area contributed by atoms with E-state index in [1.54, 1.807) is 6.92 Å². The summed E-state index contributed by atoms with van der Waals surface area (Å²) in [4.78, 5) is 16.3. The Bertz CT molecular complexity index is 645. The zero-order chi connectivity index (χ0) is 16.8. The lowest BCUT2D eigenvalue weighted by Crippen LogP contribution is -2.39. The fraction of sp³-hybridized carbons (Fsp3) is 0.375. The highest BCUT2D eigenvalue weighted by Gasteiger charge is 2.19. The van der Waals surface area contributed by atoms with Gasteiger partial charge in [0.25, 0.3) is 0 Å². The van der Waals surface area contributed by atoms with Gasteiger partial charge in [-0.15, -0.1) is 11.3 Å². The van der Waals surface area contributed by atoms with Crippen molar-refractivity contribution in [1.82, 2.24) is 10.3 Å². The Morgan fingerprint density at radius 2 is 2.09 bits per heavy atom. The number of aryl methyl sites for hydroxylation is 1. The van der Waals surface area contributed by atoms with Gasteiger partial charge in [0.15, 0.2) is 5.13 Å². The second-order valence-corrected chi connectivity index (χ2v) is 6.14. The smallest absolute Gasteiger partial charge is 0.321 e. The van der Waals surface area contributed by atoms with E-state index >= 15 is 0 Å². The summed E-state index contributed by atoms with van der Waals surface area (Å²) in [5.41, 5.74) is 1.49. The molecule has 7 heteroatoms. The van der Waals surface area contributed by atoms with Gasteiger partial charge in [-0.1, -0.05) is 25.5 Å². The number of hydrogen-bond acceptors (Lipinski definition) is 4. The molecule has 5 nitrogen and oxygen atoms in total. The number of amides is 2. The molecule has 0 saturated carbocycles. The van der Waals surface area contributed by atoms with Crippen LogP contribution in [-0.2, 0) is 6.42 Å². The SMILES string of the molecule is CCCc1csc(NC(=O)NC(C)C(O)c2ccc(F)cc2)n1. The van der Waals surface area contributed by atoms with Gasteiger partial charge < -0.3 is 10.4 Å². The molecule has 1 aromatic heterocycles. The lowest BCUT2D eigenvalue weighted by Gasteiger charge is -2.20. The highest BCUT2D eigenvalue weighted by Crippen LogP contribution is 2.18. The van der Waals surface area contributed by atoms with Gasteiger partial charge >= 0.3 is 6.03 Å². The Morgan fingerprint density at radius 3 is 2.74 bits per heavy atom. The Morgan fingerprint density at radius 1 is 1.39 bits per heavy atom. The summed E-state index contributed by atoms with van der Waals surface area (Å²) in [7, 11) is 0. The predicted octanol–water partition coefficient (Wildman–Crippen LogP) is 3.48. The molecule has 0 aliphatic rings. The molecule has 0 bridgehead atoms. The Labute approximate surface area is 138 Å². The van der Waals surface area contributed by atoms with Gasteiger partial charge in [-0.05, 0) is 31.0 Å². The van der Waals surface area contributed by atoms with Crippen LogP contribution in [-0.4, -0.2) is 22.2 Å². The molecule has 2 aromatic rings. The lowest BCUT2D eigenvalue weighted by molar-refractivity contribution is 0.139. The van der Waals surface area contributed by atoms with Crippen LogP contribution >= 0.6 is 11.3 Å². The molecule has 0 fully saturated rings. The van der Waals surface area contributed by atoms with E-state index in [4.69, 9.17) is 0 Å². The van der Waals surface area contributed by atoms with Gasteiger partial charge in [-0.25, -0.2) is 14.2 Å². The van der Waals surface area contributed by atoms with Crippen molar-refractivity contribution in [3.05, 3.63) is 46.7 Å². The van der Waals surface area contributed by atoms with E-state index < -0.39 is 18.2 Å². The van der Waals surface area contributed by atoms with Gasteiger partial charge in [0.05, 0.1) is 17.8 Å². The fourth-order valence-electron chi connectivity index (χ4n) is 2.10. The van der Waals surface area contributed by atoms with E-state index in [0.717, 1.165) is 18.5 Å². The molecule has 0 radical (unpaired) electrons. The summed E-state index contributed by atoms with van der Waals surface area (Å²) < 4.78 is 12.9. The number of anilines is 1. The average molecular weight is 337 g/mol. The number of halogens is 1. The fourth-order valence-corrected chi connectivity index (χ4v) is 2.84. The zero-order valence-corrected chi connectivity index (χ0v) is 13.9. The zero-order valence-electron chi connectivity index (χ0n) is 13.0. The monoisotopic (exact) mass is 337 g/mol. The van der Waals surface area contributed by atoms with Crippen LogP contribution in [0.15, 0.2) is 29.6 Å². The molecule has 0 aliphatic heterocycles. The van der Waals surface area contributed by atoms with Crippen LogP contribution in [0.4, 0.5) is 14.3 Å². The summed E-state index contributed by atoms with van der Waals surface area (Å²) in [5, 5.41) is 17.9. The minimum atomic E-state index is -0.923. The number of carbonyl (C=O) groups is 1. The molecule has 0 saturated heterocycles. The van der Waals surface area contributed by atoms with Crippen LogP contribution in [0.5, 0.6) is 0 Å². The number of thiazole rings is 1. The van der Waals surface area contributed by atoms with Crippen molar-refractivity contribution < 1.29 is 14.3 Å². The van der Waals surface area contributed by atoms with Crippen molar-refractivity contribution in [3.8, 4) is 0 Å². The minimum Gasteiger partial charge on any atom is -0.386 e. The van der Waals surface area contributed by atoms with E-state index in [0.29, 0.717) is 10.7 Å². The van der Waals surface area contributed by atoms with Crippen LogP contribution in [0.2, 0.25) is 0 Å². The van der Waals surface area contributed by atoms with Crippen molar-refractivity contribution in [2.75, 3.05) is 5.32 Å². The Kier molecular flexibility index (Phi) is 6.06. The minimum absolute atomic E-state index is 0.369. The molecule has 3 N–H and O–H groups in total. The maximum absolute atomic E-state index is 12.9. The summed E-state index contributed by atoms with van der Waals surface area (Å²) in [6.07, 6.45) is 0.948. The number of hydrogen-bond donors (Lipinski definition) is 3. The van der Waals surface area contributed by atoms with Crippen molar-refractivity contribution >= 4 is 22.5 Å². The largest absolute Gasteiger partial charge is 0.386 e. The first-order valence-electron chi connectivity index (χ1n) is 7.45. The van der Waals surface area contributed by atoms with Gasteiger partial charge in [-0.2, -0.15) is 0 Å². The molecule has 124 valence electrons. The predicted molar refractivity (Wildman–Crippen MR) is 89.1 cm³/mol. The van der Waals surface area contributed by atoms with E-state index in [-0.39, 0.29) is 5.82 Å². The number of aliphatic hydroxyl groups is 1. The number of benzene rings is 1. The Balaban J connectivity index is 1.89. The molecule has 2 atom stereocenters. The number of nitrogens with zero attached hydrogens (tertiary/aromatic N) is 1. The topological polar surface area (TPSA) is 74.2 Å². The first-order chi connectivity index (χ1) is 11.0. The third-order valence-electron chi connectivity index (χ3n) is 3.32. The third kappa shape index (κ3) is 5.01. The van der Waals surface area contributed by atoms with Crippen LogP contribution in [0.1, 0.15) is 37.6 Å². The lowest BCUT2D eigenvalue weighted by atomic mass is 10.0. The molecule has 0 spiro atoms. The molecular formula is C16H20FN3O2S. The highest BCUT2D eigenvalue weighted by atomic mass is 32.1.